The van der Waals surface area contributed by atoms with Gasteiger partial charge in [0.15, 0.2) is 0 Å². The highest BCUT2D eigenvalue weighted by atomic mass is 16.5. The largest absolute Gasteiger partial charge is 0.468 e. The first kappa shape index (κ1) is 9.51. The molecule has 2 aromatic heterocycles. The van der Waals surface area contributed by atoms with Crippen molar-refractivity contribution in [3.8, 4) is 0 Å². The summed E-state index contributed by atoms with van der Waals surface area (Å²) in [4.78, 5) is 18.1. The second kappa shape index (κ2) is 4.00. The molecule has 0 bridgehead atoms. The number of hydrogen-bond acceptors (Lipinski definition) is 4. The Balaban J connectivity index is 2.18. The van der Waals surface area contributed by atoms with E-state index in [-0.39, 0.29) is 12.5 Å². The van der Waals surface area contributed by atoms with Gasteiger partial charge in [0.1, 0.15) is 12.2 Å². The molecule has 2 aromatic rings. The SMILES string of the molecule is COC(=O)CNc1c[nH]c2ncccc12. The van der Waals surface area contributed by atoms with E-state index in [2.05, 4.69) is 20.0 Å². The van der Waals surface area contributed by atoms with Gasteiger partial charge >= 0.3 is 5.97 Å². The van der Waals surface area contributed by atoms with Gasteiger partial charge in [-0.3, -0.25) is 4.79 Å². The second-order valence-electron chi connectivity index (χ2n) is 3.03. The van der Waals surface area contributed by atoms with Crippen LogP contribution >= 0.6 is 0 Å². The molecule has 0 aliphatic rings. The lowest BCUT2D eigenvalue weighted by Gasteiger charge is -2.02. The Morgan fingerprint density at radius 1 is 1.67 bits per heavy atom. The molecule has 0 saturated heterocycles. The lowest BCUT2D eigenvalue weighted by molar-refractivity contribution is -0.138. The fourth-order valence-electron chi connectivity index (χ4n) is 1.34. The molecule has 5 heteroatoms. The van der Waals surface area contributed by atoms with Crippen molar-refractivity contribution in [1.82, 2.24) is 9.97 Å². The van der Waals surface area contributed by atoms with Gasteiger partial charge in [-0.2, -0.15) is 0 Å². The van der Waals surface area contributed by atoms with Crippen molar-refractivity contribution < 1.29 is 9.53 Å². The molecule has 0 spiro atoms. The number of esters is 1. The molecule has 5 nitrogen and oxygen atoms in total. The predicted octanol–water partition coefficient (Wildman–Crippen LogP) is 1.15. The maximum atomic E-state index is 10.9. The van der Waals surface area contributed by atoms with E-state index >= 15 is 0 Å². The van der Waals surface area contributed by atoms with Crippen LogP contribution in [0.4, 0.5) is 5.69 Å². The number of carbonyl (C=O) groups excluding carboxylic acids is 1. The molecular formula is C10H11N3O2. The van der Waals surface area contributed by atoms with Crippen LogP contribution in [0.15, 0.2) is 24.5 Å². The highest BCUT2D eigenvalue weighted by Gasteiger charge is 2.05. The van der Waals surface area contributed by atoms with Crippen LogP contribution in [0.2, 0.25) is 0 Å². The number of nitrogens with one attached hydrogen (secondary N) is 2. The average Bonchev–Trinajstić information content (AvgIpc) is 2.69. The van der Waals surface area contributed by atoms with Crippen molar-refractivity contribution in [2.24, 2.45) is 0 Å². The standard InChI is InChI=1S/C10H11N3O2/c1-15-9(14)6-12-8-5-13-10-7(8)3-2-4-11-10/h2-5,12H,6H2,1H3,(H,11,13). The number of rotatable bonds is 3. The van der Waals surface area contributed by atoms with E-state index in [0.29, 0.717) is 0 Å². The number of methoxy groups -OCH3 is 1. The zero-order valence-electron chi connectivity index (χ0n) is 8.28. The van der Waals surface area contributed by atoms with Gasteiger partial charge in [0.25, 0.3) is 0 Å². The number of aromatic nitrogens is 2. The third-order valence-corrected chi connectivity index (χ3v) is 2.10. The van der Waals surface area contributed by atoms with Crippen molar-refractivity contribution in [2.45, 2.75) is 0 Å². The van der Waals surface area contributed by atoms with Gasteiger partial charge in [-0.1, -0.05) is 0 Å². The van der Waals surface area contributed by atoms with E-state index in [1.165, 1.54) is 7.11 Å². The van der Waals surface area contributed by atoms with Crippen molar-refractivity contribution in [3.05, 3.63) is 24.5 Å². The lowest BCUT2D eigenvalue weighted by atomic mass is 10.3. The van der Waals surface area contributed by atoms with E-state index in [1.54, 1.807) is 12.4 Å². The van der Waals surface area contributed by atoms with Gasteiger partial charge in [-0.15, -0.1) is 0 Å². The van der Waals surface area contributed by atoms with Crippen LogP contribution in [-0.4, -0.2) is 29.6 Å². The van der Waals surface area contributed by atoms with Gasteiger partial charge < -0.3 is 15.0 Å². The van der Waals surface area contributed by atoms with E-state index in [4.69, 9.17) is 0 Å². The predicted molar refractivity (Wildman–Crippen MR) is 56.6 cm³/mol. The summed E-state index contributed by atoms with van der Waals surface area (Å²) in [7, 11) is 1.36. The summed E-state index contributed by atoms with van der Waals surface area (Å²) in [6.45, 7) is 0.151. The Labute approximate surface area is 86.5 Å². The number of carbonyl (C=O) groups is 1. The number of aromatic amines is 1. The van der Waals surface area contributed by atoms with Crippen LogP contribution in [-0.2, 0) is 9.53 Å². The first-order valence-electron chi connectivity index (χ1n) is 4.54. The molecule has 0 atom stereocenters. The van der Waals surface area contributed by atoms with Gasteiger partial charge in [-0.05, 0) is 12.1 Å². The summed E-state index contributed by atoms with van der Waals surface area (Å²) in [5.74, 6) is -0.298. The summed E-state index contributed by atoms with van der Waals surface area (Å²) >= 11 is 0. The monoisotopic (exact) mass is 205 g/mol. The number of pyridine rings is 1. The Morgan fingerprint density at radius 3 is 3.33 bits per heavy atom. The molecule has 0 fully saturated rings. The van der Waals surface area contributed by atoms with Gasteiger partial charge in [0.05, 0.1) is 12.8 Å². The molecule has 0 aliphatic heterocycles. The molecule has 0 saturated carbocycles. The van der Waals surface area contributed by atoms with Gasteiger partial charge in [0.2, 0.25) is 0 Å². The summed E-state index contributed by atoms with van der Waals surface area (Å²) < 4.78 is 4.53. The molecule has 0 aromatic carbocycles. The fraction of sp³-hybridized carbons (Fsp3) is 0.200. The zero-order chi connectivity index (χ0) is 10.7. The second-order valence-corrected chi connectivity index (χ2v) is 3.03. The Hall–Kier alpha value is -2.04. The average molecular weight is 205 g/mol. The normalized spacial score (nSPS) is 10.2. The smallest absolute Gasteiger partial charge is 0.325 e. The molecule has 2 N–H and O–H groups in total. The van der Waals surface area contributed by atoms with E-state index in [1.807, 2.05) is 12.1 Å². The van der Waals surface area contributed by atoms with Crippen LogP contribution in [0.25, 0.3) is 11.0 Å². The molecule has 0 unspecified atom stereocenters. The van der Waals surface area contributed by atoms with Gasteiger partial charge in [-0.25, -0.2) is 4.98 Å². The van der Waals surface area contributed by atoms with Crippen LogP contribution in [0.5, 0.6) is 0 Å². The molecule has 2 heterocycles. The summed E-state index contributed by atoms with van der Waals surface area (Å²) in [6, 6.07) is 3.78. The van der Waals surface area contributed by atoms with Crippen molar-refractivity contribution >= 4 is 22.7 Å². The van der Waals surface area contributed by atoms with Crippen LogP contribution in [0.3, 0.4) is 0 Å². The number of H-pyrrole nitrogens is 1. The summed E-state index contributed by atoms with van der Waals surface area (Å²) in [5, 5.41) is 3.93. The zero-order valence-corrected chi connectivity index (χ0v) is 8.28. The Morgan fingerprint density at radius 2 is 2.53 bits per heavy atom. The minimum absolute atomic E-state index is 0.151. The molecule has 0 radical (unpaired) electrons. The highest BCUT2D eigenvalue weighted by Crippen LogP contribution is 2.20. The molecular weight excluding hydrogens is 194 g/mol. The van der Waals surface area contributed by atoms with Crippen molar-refractivity contribution in [3.63, 3.8) is 0 Å². The number of hydrogen-bond donors (Lipinski definition) is 2. The van der Waals surface area contributed by atoms with E-state index in [9.17, 15) is 4.79 Å². The highest BCUT2D eigenvalue weighted by molar-refractivity contribution is 5.91. The lowest BCUT2D eigenvalue weighted by Crippen LogP contribution is -2.14. The minimum atomic E-state index is -0.298. The summed E-state index contributed by atoms with van der Waals surface area (Å²) in [5.41, 5.74) is 1.65. The van der Waals surface area contributed by atoms with E-state index in [0.717, 1.165) is 16.7 Å². The van der Waals surface area contributed by atoms with Gasteiger partial charge in [0, 0.05) is 17.8 Å². The van der Waals surface area contributed by atoms with Crippen LogP contribution < -0.4 is 5.32 Å². The first-order chi connectivity index (χ1) is 7.31. The van der Waals surface area contributed by atoms with E-state index < -0.39 is 0 Å². The first-order valence-corrected chi connectivity index (χ1v) is 4.54. The number of nitrogens with zero attached hydrogens (tertiary/aromatic N) is 1. The van der Waals surface area contributed by atoms with Crippen LogP contribution in [0, 0.1) is 0 Å². The molecule has 0 amide bonds. The third kappa shape index (κ3) is 1.90. The minimum Gasteiger partial charge on any atom is -0.468 e. The Kier molecular flexibility index (Phi) is 2.53. The number of ether oxygens (including phenoxy) is 1. The number of fused-ring (bicyclic) bond motifs is 1. The summed E-state index contributed by atoms with van der Waals surface area (Å²) in [6.07, 6.45) is 3.49. The topological polar surface area (TPSA) is 67.0 Å². The molecule has 2 rings (SSSR count). The maximum absolute atomic E-state index is 10.9. The number of anilines is 1. The Bertz CT molecular complexity index is 478. The van der Waals surface area contributed by atoms with Crippen LogP contribution in [0.1, 0.15) is 0 Å². The fourth-order valence-corrected chi connectivity index (χ4v) is 1.34. The van der Waals surface area contributed by atoms with Crippen molar-refractivity contribution in [1.29, 1.82) is 0 Å². The molecule has 0 aliphatic carbocycles. The molecule has 78 valence electrons. The maximum Gasteiger partial charge on any atom is 0.325 e. The third-order valence-electron chi connectivity index (χ3n) is 2.10. The molecule has 15 heavy (non-hydrogen) atoms. The quantitative estimate of drug-likeness (QED) is 0.737. The van der Waals surface area contributed by atoms with Crippen molar-refractivity contribution in [2.75, 3.05) is 19.0 Å².